The van der Waals surface area contributed by atoms with Gasteiger partial charge in [-0.05, 0) is 24.2 Å². The van der Waals surface area contributed by atoms with Gasteiger partial charge in [0, 0.05) is 6.42 Å². The molecule has 0 radical (unpaired) electrons. The van der Waals surface area contributed by atoms with Gasteiger partial charge in [0.15, 0.2) is 0 Å². The maximum absolute atomic E-state index is 8.43. The van der Waals surface area contributed by atoms with E-state index in [1.807, 2.05) is 0 Å². The summed E-state index contributed by atoms with van der Waals surface area (Å²) in [5.74, 6) is 2.14. The molecule has 1 nitrogen and oxygen atoms in total. The van der Waals surface area contributed by atoms with E-state index in [1.54, 1.807) is 0 Å². The summed E-state index contributed by atoms with van der Waals surface area (Å²) in [6.45, 7) is 8.95. The number of rotatable bonds is 4. The van der Waals surface area contributed by atoms with Gasteiger partial charge < -0.3 is 0 Å². The monoisotopic (exact) mass is 153 g/mol. The molecule has 0 rings (SSSR count). The van der Waals surface area contributed by atoms with Gasteiger partial charge in [0.2, 0.25) is 0 Å². The molecule has 0 bridgehead atoms. The van der Waals surface area contributed by atoms with E-state index in [1.165, 1.54) is 0 Å². The Morgan fingerprint density at radius 1 is 1.09 bits per heavy atom. The molecule has 0 atom stereocenters. The molecule has 0 aromatic rings. The fourth-order valence-corrected chi connectivity index (χ4v) is 1.67. The Labute approximate surface area is 70.4 Å². The summed E-state index contributed by atoms with van der Waals surface area (Å²) >= 11 is 0. The van der Waals surface area contributed by atoms with E-state index < -0.39 is 0 Å². The summed E-state index contributed by atoms with van der Waals surface area (Å²) in [6, 6.07) is 2.21. The van der Waals surface area contributed by atoms with Crippen molar-refractivity contribution in [3.63, 3.8) is 0 Å². The average Bonchev–Trinajstić information content (AvgIpc) is 1.87. The Kier molecular flexibility index (Phi) is 4.94. The van der Waals surface area contributed by atoms with Crippen LogP contribution in [-0.4, -0.2) is 0 Å². The predicted molar refractivity (Wildman–Crippen MR) is 48.0 cm³/mol. The minimum atomic E-state index is 0.709. The molecule has 1 heteroatoms. The van der Waals surface area contributed by atoms with Gasteiger partial charge in [0.25, 0.3) is 0 Å². The van der Waals surface area contributed by atoms with Crippen molar-refractivity contribution in [3.8, 4) is 6.07 Å². The molecule has 0 aromatic heterocycles. The van der Waals surface area contributed by atoms with Crippen molar-refractivity contribution in [1.82, 2.24) is 0 Å². The Hall–Kier alpha value is -0.510. The number of hydrogen-bond acceptors (Lipinski definition) is 1. The molecule has 0 aromatic carbocycles. The third kappa shape index (κ3) is 4.03. The van der Waals surface area contributed by atoms with Crippen molar-refractivity contribution in [1.29, 1.82) is 5.26 Å². The highest BCUT2D eigenvalue weighted by atomic mass is 14.3. The lowest BCUT2D eigenvalue weighted by Gasteiger charge is -2.23. The molecule has 0 N–H and O–H groups in total. The fourth-order valence-electron chi connectivity index (χ4n) is 1.67. The lowest BCUT2D eigenvalue weighted by molar-refractivity contribution is 0.272. The quantitative estimate of drug-likeness (QED) is 0.608. The molecule has 0 amide bonds. The summed E-state index contributed by atoms with van der Waals surface area (Å²) in [5, 5.41) is 8.43. The first-order valence-electron chi connectivity index (χ1n) is 4.46. The third-order valence-corrected chi connectivity index (χ3v) is 2.30. The third-order valence-electron chi connectivity index (χ3n) is 2.30. The molecule has 0 aliphatic rings. The molecular formula is C10H19N. The second kappa shape index (κ2) is 5.18. The zero-order valence-electron chi connectivity index (χ0n) is 8.09. The zero-order valence-corrected chi connectivity index (χ0v) is 8.09. The van der Waals surface area contributed by atoms with Crippen molar-refractivity contribution >= 4 is 0 Å². The summed E-state index contributed by atoms with van der Waals surface area (Å²) < 4.78 is 0. The van der Waals surface area contributed by atoms with Crippen LogP contribution in [0.15, 0.2) is 0 Å². The Morgan fingerprint density at radius 2 is 1.55 bits per heavy atom. The lowest BCUT2D eigenvalue weighted by Crippen LogP contribution is -2.15. The van der Waals surface area contributed by atoms with Gasteiger partial charge in [-0.15, -0.1) is 0 Å². The van der Waals surface area contributed by atoms with Crippen LogP contribution in [0, 0.1) is 29.1 Å². The molecular weight excluding hydrogens is 134 g/mol. The van der Waals surface area contributed by atoms with Crippen molar-refractivity contribution in [2.45, 2.75) is 40.5 Å². The van der Waals surface area contributed by atoms with Crippen molar-refractivity contribution in [2.75, 3.05) is 0 Å². The highest BCUT2D eigenvalue weighted by molar-refractivity contribution is 4.75. The molecule has 0 saturated heterocycles. The fraction of sp³-hybridized carbons (Fsp3) is 0.900. The molecule has 0 saturated carbocycles. The minimum Gasteiger partial charge on any atom is -0.198 e. The van der Waals surface area contributed by atoms with E-state index in [0.717, 1.165) is 12.3 Å². The van der Waals surface area contributed by atoms with Crippen LogP contribution >= 0.6 is 0 Å². The molecule has 64 valence electrons. The van der Waals surface area contributed by atoms with Crippen LogP contribution < -0.4 is 0 Å². The standard InChI is InChI=1S/C10H19N/c1-8(2)10(9(3)4)6-5-7-11/h8-10H,5-6H2,1-4H3. The first kappa shape index (κ1) is 10.5. The zero-order chi connectivity index (χ0) is 8.85. The number of hydrogen-bond donors (Lipinski definition) is 0. The molecule has 11 heavy (non-hydrogen) atoms. The normalized spacial score (nSPS) is 11.1. The van der Waals surface area contributed by atoms with Crippen molar-refractivity contribution in [3.05, 3.63) is 0 Å². The summed E-state index contributed by atoms with van der Waals surface area (Å²) in [6.07, 6.45) is 1.77. The summed E-state index contributed by atoms with van der Waals surface area (Å²) in [5.41, 5.74) is 0. The van der Waals surface area contributed by atoms with E-state index in [2.05, 4.69) is 33.8 Å². The van der Waals surface area contributed by atoms with Crippen LogP contribution in [0.3, 0.4) is 0 Å². The van der Waals surface area contributed by atoms with Crippen LogP contribution in [0.5, 0.6) is 0 Å². The molecule has 0 fully saturated rings. The molecule has 0 aliphatic heterocycles. The molecule has 0 unspecified atom stereocenters. The SMILES string of the molecule is CC(C)C(CCC#N)C(C)C. The predicted octanol–water partition coefficient (Wildman–Crippen LogP) is 3.22. The van der Waals surface area contributed by atoms with Gasteiger partial charge in [0.1, 0.15) is 0 Å². The Morgan fingerprint density at radius 3 is 1.82 bits per heavy atom. The van der Waals surface area contributed by atoms with Crippen LogP contribution in [-0.2, 0) is 0 Å². The Balaban J connectivity index is 3.82. The number of nitrogens with zero attached hydrogens (tertiary/aromatic N) is 1. The van der Waals surface area contributed by atoms with Gasteiger partial charge in [-0.3, -0.25) is 0 Å². The van der Waals surface area contributed by atoms with E-state index in [-0.39, 0.29) is 0 Å². The van der Waals surface area contributed by atoms with E-state index in [9.17, 15) is 0 Å². The second-order valence-electron chi connectivity index (χ2n) is 3.85. The minimum absolute atomic E-state index is 0.709. The van der Waals surface area contributed by atoms with Gasteiger partial charge in [-0.25, -0.2) is 0 Å². The maximum atomic E-state index is 8.43. The topological polar surface area (TPSA) is 23.8 Å². The second-order valence-corrected chi connectivity index (χ2v) is 3.85. The van der Waals surface area contributed by atoms with E-state index in [4.69, 9.17) is 5.26 Å². The van der Waals surface area contributed by atoms with E-state index >= 15 is 0 Å². The Bertz CT molecular complexity index is 122. The smallest absolute Gasteiger partial charge is 0.0621 e. The van der Waals surface area contributed by atoms with E-state index in [0.29, 0.717) is 18.3 Å². The van der Waals surface area contributed by atoms with Crippen molar-refractivity contribution in [2.24, 2.45) is 17.8 Å². The molecule has 0 spiro atoms. The first-order valence-corrected chi connectivity index (χ1v) is 4.46. The molecule has 0 aliphatic carbocycles. The largest absolute Gasteiger partial charge is 0.198 e. The summed E-state index contributed by atoms with van der Waals surface area (Å²) in [4.78, 5) is 0. The van der Waals surface area contributed by atoms with Crippen LogP contribution in [0.4, 0.5) is 0 Å². The van der Waals surface area contributed by atoms with Gasteiger partial charge >= 0.3 is 0 Å². The molecule has 0 heterocycles. The number of nitriles is 1. The highest BCUT2D eigenvalue weighted by Crippen LogP contribution is 2.24. The van der Waals surface area contributed by atoms with Gasteiger partial charge in [-0.2, -0.15) is 5.26 Å². The van der Waals surface area contributed by atoms with Crippen LogP contribution in [0.2, 0.25) is 0 Å². The summed E-state index contributed by atoms with van der Waals surface area (Å²) in [7, 11) is 0. The maximum Gasteiger partial charge on any atom is 0.0621 e. The van der Waals surface area contributed by atoms with Gasteiger partial charge in [0.05, 0.1) is 6.07 Å². The highest BCUT2D eigenvalue weighted by Gasteiger charge is 2.16. The van der Waals surface area contributed by atoms with Crippen molar-refractivity contribution < 1.29 is 0 Å². The van der Waals surface area contributed by atoms with Crippen LogP contribution in [0.25, 0.3) is 0 Å². The average molecular weight is 153 g/mol. The van der Waals surface area contributed by atoms with Crippen LogP contribution in [0.1, 0.15) is 40.5 Å². The first-order chi connectivity index (χ1) is 5.09. The van der Waals surface area contributed by atoms with Gasteiger partial charge in [-0.1, -0.05) is 27.7 Å². The lowest BCUT2D eigenvalue weighted by atomic mass is 9.82.